The second-order valence-electron chi connectivity index (χ2n) is 8.17. The summed E-state index contributed by atoms with van der Waals surface area (Å²) >= 11 is 3.51. The van der Waals surface area contributed by atoms with E-state index in [0.29, 0.717) is 32.6 Å². The first-order valence-electron chi connectivity index (χ1n) is 11.5. The van der Waals surface area contributed by atoms with Crippen LogP contribution in [-0.2, 0) is 34.5 Å². The van der Waals surface area contributed by atoms with Crippen LogP contribution in [0.1, 0.15) is 31.2 Å². The van der Waals surface area contributed by atoms with Gasteiger partial charge in [0.25, 0.3) is 0 Å². The second-order valence-corrected chi connectivity index (χ2v) is 11.0. The van der Waals surface area contributed by atoms with Gasteiger partial charge in [-0.15, -0.1) is 0 Å². The summed E-state index contributed by atoms with van der Waals surface area (Å²) < 4.78 is 41.6. The molecular weight excluding hydrogens is 532 g/mol. The summed E-state index contributed by atoms with van der Waals surface area (Å²) in [6.07, 6.45) is 3.00. The predicted octanol–water partition coefficient (Wildman–Crippen LogP) is 4.79. The Kier molecular flexibility index (Phi) is 8.38. The molecule has 1 N–H and O–H groups in total. The monoisotopic (exact) mass is 560 g/mol. The van der Waals surface area contributed by atoms with Gasteiger partial charge in [0, 0.05) is 29.6 Å². The van der Waals surface area contributed by atoms with Gasteiger partial charge in [-0.3, -0.25) is 4.98 Å². The number of fused-ring (bicyclic) bond motifs is 3. The summed E-state index contributed by atoms with van der Waals surface area (Å²) in [5, 5.41) is 1.01. The van der Waals surface area contributed by atoms with Crippen molar-refractivity contribution in [2.75, 3.05) is 19.5 Å². The van der Waals surface area contributed by atoms with Crippen molar-refractivity contribution in [1.29, 1.82) is 0 Å². The Bertz CT molecular complexity index is 1400. The number of hydrogen-bond donors (Lipinski definition) is 1. The molecule has 2 aromatic heterocycles. The van der Waals surface area contributed by atoms with Gasteiger partial charge in [0.1, 0.15) is 23.7 Å². The van der Waals surface area contributed by atoms with Crippen LogP contribution in [0.15, 0.2) is 53.1 Å². The molecule has 0 unspecified atom stereocenters. The minimum absolute atomic E-state index is 0.0613. The van der Waals surface area contributed by atoms with Gasteiger partial charge < -0.3 is 14.0 Å². The molecule has 0 atom stereocenters. The average molecular weight is 562 g/mol. The van der Waals surface area contributed by atoms with Crippen molar-refractivity contribution in [2.45, 2.75) is 39.5 Å². The van der Waals surface area contributed by atoms with Crippen LogP contribution in [0.5, 0.6) is 5.75 Å². The number of benzene rings is 2. The van der Waals surface area contributed by atoms with Crippen LogP contribution >= 0.6 is 15.9 Å². The van der Waals surface area contributed by atoms with Gasteiger partial charge >= 0.3 is 0 Å². The Labute approximate surface area is 213 Å². The van der Waals surface area contributed by atoms with Gasteiger partial charge in [0.2, 0.25) is 10.0 Å². The Hall–Kier alpha value is -2.53. The van der Waals surface area contributed by atoms with E-state index < -0.39 is 10.0 Å². The van der Waals surface area contributed by atoms with E-state index in [9.17, 15) is 8.42 Å². The molecule has 186 valence electrons. The highest BCUT2D eigenvalue weighted by atomic mass is 79.9. The summed E-state index contributed by atoms with van der Waals surface area (Å²) in [6.45, 7) is 3.83. The number of nitrogens with zero attached hydrogens (tertiary/aromatic N) is 3. The zero-order valence-corrected chi connectivity index (χ0v) is 22.2. The van der Waals surface area contributed by atoms with E-state index in [0.717, 1.165) is 43.5 Å². The molecule has 35 heavy (non-hydrogen) atoms. The molecule has 8 nitrogen and oxygen atoms in total. The number of aryl methyl sites for hydroxylation is 1. The molecular formula is C25H29BrN4O4S. The molecule has 0 bridgehead atoms. The number of pyridine rings is 1. The lowest BCUT2D eigenvalue weighted by molar-refractivity contribution is 0.126. The van der Waals surface area contributed by atoms with E-state index >= 15 is 0 Å². The van der Waals surface area contributed by atoms with E-state index in [1.165, 1.54) is 0 Å². The number of methoxy groups -OCH3 is 1. The molecule has 0 amide bonds. The quantitative estimate of drug-likeness (QED) is 0.250. The van der Waals surface area contributed by atoms with Crippen LogP contribution in [0.3, 0.4) is 0 Å². The van der Waals surface area contributed by atoms with Crippen LogP contribution in [0.25, 0.3) is 21.9 Å². The molecule has 0 aliphatic rings. The van der Waals surface area contributed by atoms with E-state index in [4.69, 9.17) is 14.5 Å². The topological polar surface area (TPSA) is 95.3 Å². The average Bonchev–Trinajstić information content (AvgIpc) is 3.22. The van der Waals surface area contributed by atoms with Crippen LogP contribution in [0.4, 0.5) is 0 Å². The third-order valence-corrected chi connectivity index (χ3v) is 7.65. The first-order chi connectivity index (χ1) is 16.9. The molecule has 0 radical (unpaired) electrons. The van der Waals surface area contributed by atoms with Gasteiger partial charge in [0.05, 0.1) is 30.1 Å². The maximum atomic E-state index is 12.5. The fraction of sp³-hybridized carbons (Fsp3) is 0.360. The summed E-state index contributed by atoms with van der Waals surface area (Å²) in [6, 6.07) is 13.3. The molecule has 0 aliphatic carbocycles. The molecule has 2 aromatic carbocycles. The predicted molar refractivity (Wildman–Crippen MR) is 141 cm³/mol. The fourth-order valence-corrected chi connectivity index (χ4v) is 5.41. The number of aromatic nitrogens is 3. The SMILES string of the molecule is CCOCc1nc2cnc3cc(Br)ccc3c2n1CCCCS(=O)(=O)NCc1ccc(OC)cc1. The molecule has 0 saturated heterocycles. The third-order valence-electron chi connectivity index (χ3n) is 5.75. The number of sulfonamides is 1. The summed E-state index contributed by atoms with van der Waals surface area (Å²) in [5.74, 6) is 1.62. The smallest absolute Gasteiger partial charge is 0.211 e. The molecule has 0 aliphatic heterocycles. The minimum atomic E-state index is -3.39. The zero-order valence-electron chi connectivity index (χ0n) is 19.8. The fourth-order valence-electron chi connectivity index (χ4n) is 3.95. The summed E-state index contributed by atoms with van der Waals surface area (Å²) in [7, 11) is -1.79. The maximum absolute atomic E-state index is 12.5. The summed E-state index contributed by atoms with van der Waals surface area (Å²) in [4.78, 5) is 9.30. The van der Waals surface area contributed by atoms with Crippen molar-refractivity contribution in [3.05, 3.63) is 64.5 Å². The van der Waals surface area contributed by atoms with Crippen molar-refractivity contribution in [1.82, 2.24) is 19.3 Å². The second kappa shape index (κ2) is 11.5. The molecule has 0 spiro atoms. The number of nitrogens with one attached hydrogen (secondary N) is 1. The Balaban J connectivity index is 1.43. The van der Waals surface area contributed by atoms with E-state index in [-0.39, 0.29) is 12.3 Å². The Morgan fingerprint density at radius 3 is 2.63 bits per heavy atom. The standard InChI is InChI=1S/C25H29BrN4O4S/c1-3-34-17-24-29-23-16-27-22-14-19(26)8-11-21(22)25(23)30(24)12-4-5-13-35(31,32)28-15-18-6-9-20(33-2)10-7-18/h6-11,14,16,28H,3-5,12-13,15,17H2,1-2H3. The van der Waals surface area contributed by atoms with E-state index in [2.05, 4.69) is 30.2 Å². The number of unbranched alkanes of at least 4 members (excludes halogenated alkanes) is 1. The van der Waals surface area contributed by atoms with Crippen LogP contribution in [0.2, 0.25) is 0 Å². The largest absolute Gasteiger partial charge is 0.497 e. The lowest BCUT2D eigenvalue weighted by Gasteiger charge is -2.11. The molecule has 10 heteroatoms. The van der Waals surface area contributed by atoms with Crippen molar-refractivity contribution in [2.24, 2.45) is 0 Å². The van der Waals surface area contributed by atoms with Crippen LogP contribution < -0.4 is 9.46 Å². The van der Waals surface area contributed by atoms with E-state index in [1.54, 1.807) is 13.3 Å². The van der Waals surface area contributed by atoms with Crippen LogP contribution in [-0.4, -0.2) is 42.4 Å². The molecule has 4 aromatic rings. The normalized spacial score (nSPS) is 12.0. The molecule has 4 rings (SSSR count). The first-order valence-corrected chi connectivity index (χ1v) is 14.0. The van der Waals surface area contributed by atoms with Crippen molar-refractivity contribution in [3.63, 3.8) is 0 Å². The zero-order chi connectivity index (χ0) is 24.8. The van der Waals surface area contributed by atoms with Crippen molar-refractivity contribution in [3.8, 4) is 5.75 Å². The van der Waals surface area contributed by atoms with Gasteiger partial charge in [-0.25, -0.2) is 18.1 Å². The first kappa shape index (κ1) is 25.6. The van der Waals surface area contributed by atoms with Crippen LogP contribution in [0, 0.1) is 0 Å². The van der Waals surface area contributed by atoms with Gasteiger partial charge in [-0.1, -0.05) is 28.1 Å². The number of rotatable bonds is 12. The van der Waals surface area contributed by atoms with Crippen molar-refractivity contribution >= 4 is 47.9 Å². The number of imidazole rings is 1. The number of ether oxygens (including phenoxy) is 2. The lowest BCUT2D eigenvalue weighted by atomic mass is 10.2. The number of halogens is 1. The van der Waals surface area contributed by atoms with E-state index in [1.807, 2.05) is 49.4 Å². The Morgan fingerprint density at radius 1 is 1.09 bits per heavy atom. The van der Waals surface area contributed by atoms with Gasteiger partial charge in [-0.2, -0.15) is 0 Å². The number of hydrogen-bond acceptors (Lipinski definition) is 6. The maximum Gasteiger partial charge on any atom is 0.211 e. The molecule has 2 heterocycles. The minimum Gasteiger partial charge on any atom is -0.497 e. The summed E-state index contributed by atoms with van der Waals surface area (Å²) in [5.41, 5.74) is 3.56. The Morgan fingerprint density at radius 2 is 1.89 bits per heavy atom. The highest BCUT2D eigenvalue weighted by Crippen LogP contribution is 2.27. The third kappa shape index (κ3) is 6.38. The molecule has 0 fully saturated rings. The lowest BCUT2D eigenvalue weighted by Crippen LogP contribution is -2.26. The van der Waals surface area contributed by atoms with Crippen molar-refractivity contribution < 1.29 is 17.9 Å². The highest BCUT2D eigenvalue weighted by molar-refractivity contribution is 9.10. The highest BCUT2D eigenvalue weighted by Gasteiger charge is 2.16. The molecule has 0 saturated carbocycles. The van der Waals surface area contributed by atoms with Gasteiger partial charge in [0.15, 0.2) is 0 Å². The van der Waals surface area contributed by atoms with Gasteiger partial charge in [-0.05, 0) is 55.7 Å².